The predicted octanol–water partition coefficient (Wildman–Crippen LogP) is 2.45. The van der Waals surface area contributed by atoms with Crippen LogP contribution < -0.4 is 20.5 Å². The van der Waals surface area contributed by atoms with E-state index in [0.29, 0.717) is 29.0 Å². The van der Waals surface area contributed by atoms with Crippen LogP contribution in [0.15, 0.2) is 34.9 Å². The summed E-state index contributed by atoms with van der Waals surface area (Å²) in [5.74, 6) is -1.25. The molecule has 10 heteroatoms. The Morgan fingerprint density at radius 2 is 1.96 bits per heavy atom. The second-order valence-corrected chi connectivity index (χ2v) is 5.61. The molecule has 0 radical (unpaired) electrons. The summed E-state index contributed by atoms with van der Waals surface area (Å²) in [5.41, 5.74) is 5.17. The summed E-state index contributed by atoms with van der Waals surface area (Å²) in [5, 5.41) is 6.52. The lowest BCUT2D eigenvalue weighted by Crippen LogP contribution is -2.14. The number of fused-ring (bicyclic) bond motifs is 1. The smallest absolute Gasteiger partial charge is 0.251 e. The van der Waals surface area contributed by atoms with E-state index < -0.39 is 23.1 Å². The van der Waals surface area contributed by atoms with E-state index in [1.165, 1.54) is 0 Å². The number of rotatable bonds is 5. The molecule has 4 rings (SSSR count). The van der Waals surface area contributed by atoms with Crippen molar-refractivity contribution in [2.24, 2.45) is 5.73 Å². The fourth-order valence-electron chi connectivity index (χ4n) is 2.52. The average molecular weight is 374 g/mol. The highest BCUT2D eigenvalue weighted by Gasteiger charge is 2.17. The normalized spacial score (nSPS) is 12.2. The Morgan fingerprint density at radius 3 is 2.78 bits per heavy atom. The number of anilines is 1. The van der Waals surface area contributed by atoms with Crippen LogP contribution in [0, 0.1) is 11.6 Å². The maximum Gasteiger partial charge on any atom is 0.251 e. The summed E-state index contributed by atoms with van der Waals surface area (Å²) < 4.78 is 43.0. The second kappa shape index (κ2) is 6.56. The molecule has 0 bridgehead atoms. The van der Waals surface area contributed by atoms with E-state index in [-0.39, 0.29) is 24.9 Å². The summed E-state index contributed by atoms with van der Waals surface area (Å²) in [6.07, 6.45) is 0. The van der Waals surface area contributed by atoms with Gasteiger partial charge in [-0.15, -0.1) is 0 Å². The van der Waals surface area contributed by atoms with Crippen molar-refractivity contribution < 1.29 is 27.6 Å². The van der Waals surface area contributed by atoms with Gasteiger partial charge in [-0.2, -0.15) is 4.98 Å². The summed E-state index contributed by atoms with van der Waals surface area (Å²) in [4.78, 5) is 15.4. The number of halogens is 2. The molecule has 27 heavy (non-hydrogen) atoms. The van der Waals surface area contributed by atoms with Gasteiger partial charge >= 0.3 is 0 Å². The number of benzene rings is 2. The number of ether oxygens (including phenoxy) is 2. The van der Waals surface area contributed by atoms with E-state index in [4.69, 9.17) is 19.7 Å². The van der Waals surface area contributed by atoms with Crippen molar-refractivity contribution in [1.82, 2.24) is 10.1 Å². The van der Waals surface area contributed by atoms with Crippen LogP contribution in [0.25, 0.3) is 11.4 Å². The van der Waals surface area contributed by atoms with Gasteiger partial charge in [-0.3, -0.25) is 4.79 Å². The molecule has 3 aromatic rings. The third kappa shape index (κ3) is 3.24. The van der Waals surface area contributed by atoms with Gasteiger partial charge in [-0.05, 0) is 24.3 Å². The Bertz CT molecular complexity index is 1040. The lowest BCUT2D eigenvalue weighted by atomic mass is 10.1. The number of carbonyl (C=O) groups excluding carboxylic acids is 1. The van der Waals surface area contributed by atoms with Crippen LogP contribution in [-0.2, 0) is 6.54 Å². The molecule has 1 aliphatic heterocycles. The Kier molecular flexibility index (Phi) is 4.07. The Morgan fingerprint density at radius 1 is 1.15 bits per heavy atom. The molecule has 138 valence electrons. The molecule has 3 N–H and O–H groups in total. The van der Waals surface area contributed by atoms with Gasteiger partial charge in [-0.25, -0.2) is 8.78 Å². The predicted molar refractivity (Wildman–Crippen MR) is 88.1 cm³/mol. The topological polar surface area (TPSA) is 113 Å². The highest BCUT2D eigenvalue weighted by Crippen LogP contribution is 2.35. The van der Waals surface area contributed by atoms with E-state index in [2.05, 4.69) is 15.5 Å². The van der Waals surface area contributed by atoms with Crippen molar-refractivity contribution in [3.8, 4) is 22.9 Å². The molecule has 0 aliphatic carbocycles. The maximum atomic E-state index is 13.8. The minimum Gasteiger partial charge on any atom is -0.454 e. The molecule has 2 aromatic carbocycles. The number of nitrogens with one attached hydrogen (secondary N) is 1. The zero-order chi connectivity index (χ0) is 19.0. The first kappa shape index (κ1) is 16.8. The first-order valence-corrected chi connectivity index (χ1v) is 7.76. The van der Waals surface area contributed by atoms with E-state index in [0.717, 1.165) is 6.07 Å². The molecule has 2 heterocycles. The van der Waals surface area contributed by atoms with Crippen molar-refractivity contribution in [1.29, 1.82) is 0 Å². The SMILES string of the molecule is NC(=O)c1cc(NCc2nc(-c3ccc4c(c3)OCO4)no2)c(F)cc1F. The molecule has 1 aliphatic rings. The monoisotopic (exact) mass is 374 g/mol. The van der Waals surface area contributed by atoms with Crippen LogP contribution in [0.4, 0.5) is 14.5 Å². The molecule has 0 saturated carbocycles. The number of aromatic nitrogens is 2. The molecule has 8 nitrogen and oxygen atoms in total. The van der Waals surface area contributed by atoms with Crippen LogP contribution >= 0.6 is 0 Å². The molecule has 0 unspecified atom stereocenters. The minimum atomic E-state index is -1.03. The summed E-state index contributed by atoms with van der Waals surface area (Å²) in [6, 6.07) is 6.75. The van der Waals surface area contributed by atoms with Crippen LogP contribution in [0.5, 0.6) is 11.5 Å². The second-order valence-electron chi connectivity index (χ2n) is 5.61. The van der Waals surface area contributed by atoms with Gasteiger partial charge < -0.3 is 25.0 Å². The molecule has 0 saturated heterocycles. The molecule has 0 atom stereocenters. The first-order chi connectivity index (χ1) is 13.0. The zero-order valence-corrected chi connectivity index (χ0v) is 13.7. The minimum absolute atomic E-state index is 0.0433. The van der Waals surface area contributed by atoms with Crippen molar-refractivity contribution >= 4 is 11.6 Å². The van der Waals surface area contributed by atoms with Gasteiger partial charge in [0.2, 0.25) is 18.5 Å². The largest absolute Gasteiger partial charge is 0.454 e. The van der Waals surface area contributed by atoms with Gasteiger partial charge in [0.15, 0.2) is 11.5 Å². The molecular formula is C17H12F2N4O4. The summed E-state index contributed by atoms with van der Waals surface area (Å²) in [6.45, 7) is 0.106. The number of nitrogens with zero attached hydrogens (tertiary/aromatic N) is 2. The van der Waals surface area contributed by atoms with Crippen LogP contribution in [0.2, 0.25) is 0 Å². The lowest BCUT2D eigenvalue weighted by Gasteiger charge is -2.07. The molecule has 1 aromatic heterocycles. The first-order valence-electron chi connectivity index (χ1n) is 7.76. The van der Waals surface area contributed by atoms with Crippen LogP contribution in [0.3, 0.4) is 0 Å². The van der Waals surface area contributed by atoms with Crippen molar-refractivity contribution in [2.75, 3.05) is 12.1 Å². The summed E-state index contributed by atoms with van der Waals surface area (Å²) in [7, 11) is 0. The molecule has 0 fully saturated rings. The average Bonchev–Trinajstić information content (AvgIpc) is 3.29. The van der Waals surface area contributed by atoms with Crippen molar-refractivity contribution in [2.45, 2.75) is 6.54 Å². The highest BCUT2D eigenvalue weighted by atomic mass is 19.1. The Balaban J connectivity index is 1.50. The molecule has 1 amide bonds. The van der Waals surface area contributed by atoms with Crippen LogP contribution in [-0.4, -0.2) is 22.8 Å². The van der Waals surface area contributed by atoms with Crippen LogP contribution in [0.1, 0.15) is 16.2 Å². The standard InChI is InChI=1S/C17H12F2N4O4/c18-10-5-11(19)12(4-9(10)16(20)24)21-6-15-22-17(23-27-15)8-1-2-13-14(3-8)26-7-25-13/h1-5,21H,6-7H2,(H2,20,24). The van der Waals surface area contributed by atoms with E-state index in [1.54, 1.807) is 18.2 Å². The fourth-order valence-corrected chi connectivity index (χ4v) is 2.52. The van der Waals surface area contributed by atoms with Gasteiger partial charge in [0, 0.05) is 11.6 Å². The number of primary amides is 1. The third-order valence-electron chi connectivity index (χ3n) is 3.85. The van der Waals surface area contributed by atoms with Crippen molar-refractivity contribution in [3.63, 3.8) is 0 Å². The van der Waals surface area contributed by atoms with Gasteiger partial charge in [-0.1, -0.05) is 5.16 Å². The number of hydrogen-bond acceptors (Lipinski definition) is 7. The number of carbonyl (C=O) groups is 1. The van der Waals surface area contributed by atoms with Crippen molar-refractivity contribution in [3.05, 3.63) is 53.4 Å². The van der Waals surface area contributed by atoms with Gasteiger partial charge in [0.1, 0.15) is 11.6 Å². The number of nitrogens with two attached hydrogens (primary N) is 1. The summed E-state index contributed by atoms with van der Waals surface area (Å²) >= 11 is 0. The third-order valence-corrected chi connectivity index (χ3v) is 3.85. The Labute approximate surface area is 150 Å². The van der Waals surface area contributed by atoms with E-state index in [9.17, 15) is 13.6 Å². The maximum absolute atomic E-state index is 13.8. The Hall–Kier alpha value is -3.69. The lowest BCUT2D eigenvalue weighted by molar-refractivity contribution is 0.0996. The van der Waals surface area contributed by atoms with Gasteiger partial charge in [0.25, 0.3) is 5.91 Å². The number of hydrogen-bond donors (Lipinski definition) is 2. The zero-order valence-electron chi connectivity index (χ0n) is 13.7. The molecular weight excluding hydrogens is 362 g/mol. The number of amides is 1. The fraction of sp³-hybridized carbons (Fsp3) is 0.118. The quantitative estimate of drug-likeness (QED) is 0.705. The van der Waals surface area contributed by atoms with Gasteiger partial charge in [0.05, 0.1) is 17.8 Å². The molecule has 0 spiro atoms. The van der Waals surface area contributed by atoms with E-state index in [1.807, 2.05) is 0 Å². The van der Waals surface area contributed by atoms with E-state index >= 15 is 0 Å². The highest BCUT2D eigenvalue weighted by molar-refractivity contribution is 5.94.